The lowest BCUT2D eigenvalue weighted by atomic mass is 10.1. The zero-order valence-corrected chi connectivity index (χ0v) is 13.5. The molecule has 0 unspecified atom stereocenters. The van der Waals surface area contributed by atoms with E-state index in [2.05, 4.69) is 15.9 Å². The molecule has 0 spiro atoms. The van der Waals surface area contributed by atoms with Gasteiger partial charge >= 0.3 is 0 Å². The molecule has 5 heteroatoms. The fraction of sp³-hybridized carbons (Fsp3) is 0.118. The van der Waals surface area contributed by atoms with Crippen molar-refractivity contribution >= 4 is 27.8 Å². The van der Waals surface area contributed by atoms with Gasteiger partial charge in [-0.15, -0.1) is 0 Å². The number of para-hydroxylation sites is 1. The van der Waals surface area contributed by atoms with E-state index in [1.165, 1.54) is 12.1 Å². The van der Waals surface area contributed by atoms with Crippen molar-refractivity contribution in [1.29, 1.82) is 0 Å². The fourth-order valence-corrected chi connectivity index (χ4v) is 2.36. The first-order chi connectivity index (χ1) is 10.5. The van der Waals surface area contributed by atoms with Crippen molar-refractivity contribution in [3.8, 4) is 17.2 Å². The van der Waals surface area contributed by atoms with Crippen molar-refractivity contribution in [2.45, 2.75) is 6.92 Å². The number of phenolic OH excluding ortho intramolecular Hbond substituents is 2. The molecule has 0 fully saturated rings. The molecule has 2 aromatic carbocycles. The highest BCUT2D eigenvalue weighted by molar-refractivity contribution is 9.10. The molecule has 0 saturated heterocycles. The number of carbonyl (C=O) groups is 1. The third kappa shape index (κ3) is 3.68. The number of aromatic hydroxyl groups is 2. The van der Waals surface area contributed by atoms with Gasteiger partial charge in [0.15, 0.2) is 17.3 Å². The van der Waals surface area contributed by atoms with Crippen LogP contribution in [0.2, 0.25) is 0 Å². The lowest BCUT2D eigenvalue weighted by molar-refractivity contribution is 0.104. The van der Waals surface area contributed by atoms with Crippen LogP contribution in [0, 0.1) is 0 Å². The van der Waals surface area contributed by atoms with Crippen LogP contribution in [0.1, 0.15) is 22.8 Å². The molecule has 0 atom stereocenters. The number of phenols is 2. The van der Waals surface area contributed by atoms with Gasteiger partial charge in [-0.1, -0.05) is 18.2 Å². The smallest absolute Gasteiger partial charge is 0.189 e. The molecule has 0 aliphatic carbocycles. The Hall–Kier alpha value is -2.27. The summed E-state index contributed by atoms with van der Waals surface area (Å²) in [6, 6.07) is 9.67. The Morgan fingerprint density at radius 3 is 2.68 bits per heavy atom. The van der Waals surface area contributed by atoms with E-state index in [4.69, 9.17) is 4.74 Å². The molecule has 2 rings (SSSR count). The molecule has 114 valence electrons. The first-order valence-corrected chi connectivity index (χ1v) is 7.48. The zero-order chi connectivity index (χ0) is 16.1. The summed E-state index contributed by atoms with van der Waals surface area (Å²) in [5, 5.41) is 19.5. The van der Waals surface area contributed by atoms with Crippen molar-refractivity contribution in [2.24, 2.45) is 0 Å². The molecule has 2 N–H and O–H groups in total. The van der Waals surface area contributed by atoms with Crippen molar-refractivity contribution < 1.29 is 19.7 Å². The SMILES string of the molecule is CCOc1cc(/C=C/C(=O)c2ccccc2O)cc(Br)c1O. The van der Waals surface area contributed by atoms with Gasteiger partial charge in [-0.3, -0.25) is 4.79 Å². The number of benzene rings is 2. The van der Waals surface area contributed by atoms with Crippen LogP contribution in [0.25, 0.3) is 6.08 Å². The highest BCUT2D eigenvalue weighted by Crippen LogP contribution is 2.35. The predicted molar refractivity (Wildman–Crippen MR) is 88.4 cm³/mol. The first kappa shape index (κ1) is 16.1. The summed E-state index contributed by atoms with van der Waals surface area (Å²) in [6.07, 6.45) is 2.96. The maximum atomic E-state index is 12.1. The van der Waals surface area contributed by atoms with Crippen molar-refractivity contribution in [3.63, 3.8) is 0 Å². The summed E-state index contributed by atoms with van der Waals surface area (Å²) in [4.78, 5) is 12.1. The Bertz CT molecular complexity index is 723. The van der Waals surface area contributed by atoms with Crippen molar-refractivity contribution in [3.05, 3.63) is 58.1 Å². The van der Waals surface area contributed by atoms with Crippen LogP contribution in [0.15, 0.2) is 46.9 Å². The molecular weight excluding hydrogens is 348 g/mol. The summed E-state index contributed by atoms with van der Waals surface area (Å²) in [5.41, 5.74) is 0.929. The molecule has 0 aliphatic rings. The average Bonchev–Trinajstić information content (AvgIpc) is 2.50. The van der Waals surface area contributed by atoms with Crippen LogP contribution in [0.4, 0.5) is 0 Å². The van der Waals surface area contributed by atoms with E-state index in [0.717, 1.165) is 0 Å². The molecule has 0 heterocycles. The second-order valence-corrected chi connectivity index (χ2v) is 5.35. The molecule has 22 heavy (non-hydrogen) atoms. The molecule has 2 aromatic rings. The number of ether oxygens (including phenoxy) is 1. The first-order valence-electron chi connectivity index (χ1n) is 6.68. The number of hydrogen-bond acceptors (Lipinski definition) is 4. The third-order valence-corrected chi connectivity index (χ3v) is 3.55. The van der Waals surface area contributed by atoms with Crippen LogP contribution in [0.3, 0.4) is 0 Å². The van der Waals surface area contributed by atoms with Gasteiger partial charge < -0.3 is 14.9 Å². The Morgan fingerprint density at radius 2 is 2.00 bits per heavy atom. The second-order valence-electron chi connectivity index (χ2n) is 4.50. The highest BCUT2D eigenvalue weighted by Gasteiger charge is 2.09. The van der Waals surface area contributed by atoms with E-state index >= 15 is 0 Å². The topological polar surface area (TPSA) is 66.8 Å². The van der Waals surface area contributed by atoms with E-state index in [9.17, 15) is 15.0 Å². The number of halogens is 1. The third-order valence-electron chi connectivity index (χ3n) is 2.95. The van der Waals surface area contributed by atoms with Crippen molar-refractivity contribution in [1.82, 2.24) is 0 Å². The molecular formula is C17H15BrO4. The maximum absolute atomic E-state index is 12.1. The summed E-state index contributed by atoms with van der Waals surface area (Å²) >= 11 is 3.24. The predicted octanol–water partition coefficient (Wildman–Crippen LogP) is 4.16. The minimum absolute atomic E-state index is 0.0195. The van der Waals surface area contributed by atoms with Gasteiger partial charge in [-0.2, -0.15) is 0 Å². The number of allylic oxidation sites excluding steroid dienone is 1. The Morgan fingerprint density at radius 1 is 1.27 bits per heavy atom. The number of carbonyl (C=O) groups excluding carboxylic acids is 1. The quantitative estimate of drug-likeness (QED) is 0.619. The van der Waals surface area contributed by atoms with Gasteiger partial charge in [-0.05, 0) is 58.8 Å². The van der Waals surface area contributed by atoms with E-state index in [1.807, 2.05) is 6.92 Å². The van der Waals surface area contributed by atoms with Crippen LogP contribution in [-0.2, 0) is 0 Å². The lowest BCUT2D eigenvalue weighted by Crippen LogP contribution is -1.95. The van der Waals surface area contributed by atoms with E-state index in [-0.39, 0.29) is 22.8 Å². The number of ketones is 1. The monoisotopic (exact) mass is 362 g/mol. The Labute approximate surface area is 136 Å². The average molecular weight is 363 g/mol. The molecule has 0 bridgehead atoms. The van der Waals surface area contributed by atoms with Gasteiger partial charge in [0.05, 0.1) is 16.6 Å². The summed E-state index contributed by atoms with van der Waals surface area (Å²) in [6.45, 7) is 2.24. The Balaban J connectivity index is 2.27. The number of rotatable bonds is 5. The standard InChI is InChI=1S/C17H15BrO4/c1-2-22-16-10-11(9-13(18)17(16)21)7-8-15(20)12-5-3-4-6-14(12)19/h3-10,19,21H,2H2,1H3/b8-7+. The van der Waals surface area contributed by atoms with Gasteiger partial charge in [0.25, 0.3) is 0 Å². The maximum Gasteiger partial charge on any atom is 0.189 e. The fourth-order valence-electron chi connectivity index (χ4n) is 1.90. The van der Waals surface area contributed by atoms with Crippen LogP contribution >= 0.6 is 15.9 Å². The van der Waals surface area contributed by atoms with Crippen LogP contribution in [0.5, 0.6) is 17.2 Å². The zero-order valence-electron chi connectivity index (χ0n) is 11.9. The number of hydrogen-bond donors (Lipinski definition) is 2. The molecule has 4 nitrogen and oxygen atoms in total. The van der Waals surface area contributed by atoms with Gasteiger partial charge in [0.1, 0.15) is 5.75 Å². The van der Waals surface area contributed by atoms with Gasteiger partial charge in [-0.25, -0.2) is 0 Å². The highest BCUT2D eigenvalue weighted by atomic mass is 79.9. The molecule has 0 radical (unpaired) electrons. The minimum atomic E-state index is -0.305. The van der Waals surface area contributed by atoms with Gasteiger partial charge in [0, 0.05) is 0 Å². The normalized spacial score (nSPS) is 10.8. The second kappa shape index (κ2) is 7.13. The largest absolute Gasteiger partial charge is 0.507 e. The molecule has 0 amide bonds. The minimum Gasteiger partial charge on any atom is -0.507 e. The Kier molecular flexibility index (Phi) is 5.22. The summed E-state index contributed by atoms with van der Waals surface area (Å²) < 4.78 is 5.81. The molecule has 0 aromatic heterocycles. The molecule has 0 aliphatic heterocycles. The van der Waals surface area contributed by atoms with Crippen LogP contribution in [-0.4, -0.2) is 22.6 Å². The van der Waals surface area contributed by atoms with Gasteiger partial charge in [0.2, 0.25) is 0 Å². The lowest BCUT2D eigenvalue weighted by Gasteiger charge is -2.08. The van der Waals surface area contributed by atoms with Crippen LogP contribution < -0.4 is 4.74 Å². The molecule has 0 saturated carbocycles. The van der Waals surface area contributed by atoms with E-state index in [0.29, 0.717) is 22.4 Å². The van der Waals surface area contributed by atoms with Crippen molar-refractivity contribution in [2.75, 3.05) is 6.61 Å². The summed E-state index contributed by atoms with van der Waals surface area (Å²) in [7, 11) is 0. The summed E-state index contributed by atoms with van der Waals surface area (Å²) in [5.74, 6) is -0.00291. The van der Waals surface area contributed by atoms with E-state index < -0.39 is 0 Å². The van der Waals surface area contributed by atoms with E-state index in [1.54, 1.807) is 36.4 Å².